The summed E-state index contributed by atoms with van der Waals surface area (Å²) in [5, 5.41) is 3.33. The van der Waals surface area contributed by atoms with Crippen LogP contribution in [-0.4, -0.2) is 61.0 Å². The Balaban J connectivity index is 1.79. The highest BCUT2D eigenvalue weighted by atomic mass is 16.2. The van der Waals surface area contributed by atoms with Crippen LogP contribution in [0.15, 0.2) is 12.7 Å². The van der Waals surface area contributed by atoms with E-state index in [0.29, 0.717) is 5.91 Å². The molecule has 1 atom stereocenters. The third-order valence-electron chi connectivity index (χ3n) is 3.68. The van der Waals surface area contributed by atoms with Gasteiger partial charge in [-0.15, -0.1) is 6.58 Å². The van der Waals surface area contributed by atoms with Gasteiger partial charge in [-0.3, -0.25) is 9.69 Å². The summed E-state index contributed by atoms with van der Waals surface area (Å²) in [6.45, 7) is 9.36. The summed E-state index contributed by atoms with van der Waals surface area (Å²) in [4.78, 5) is 16.6. The van der Waals surface area contributed by atoms with Crippen molar-refractivity contribution in [2.24, 2.45) is 0 Å². The summed E-state index contributed by atoms with van der Waals surface area (Å²) in [6.07, 6.45) is 5.32. The molecule has 2 fully saturated rings. The van der Waals surface area contributed by atoms with Crippen molar-refractivity contribution in [1.29, 1.82) is 0 Å². The molecule has 2 saturated heterocycles. The van der Waals surface area contributed by atoms with Crippen LogP contribution in [0.25, 0.3) is 0 Å². The second-order valence-corrected chi connectivity index (χ2v) is 4.92. The molecule has 4 heteroatoms. The van der Waals surface area contributed by atoms with Gasteiger partial charge in [-0.25, -0.2) is 0 Å². The molecule has 0 bridgehead atoms. The highest BCUT2D eigenvalue weighted by Gasteiger charge is 2.27. The van der Waals surface area contributed by atoms with E-state index < -0.39 is 0 Å². The average Bonchev–Trinajstić information content (AvgIpc) is 2.40. The number of nitrogens with one attached hydrogen (secondary N) is 1. The molecular formula is C13H23N3O. The molecule has 0 aromatic heterocycles. The zero-order chi connectivity index (χ0) is 12.1. The Labute approximate surface area is 104 Å². The van der Waals surface area contributed by atoms with Gasteiger partial charge in [-0.05, 0) is 19.4 Å². The van der Waals surface area contributed by atoms with E-state index in [1.807, 2.05) is 11.0 Å². The van der Waals surface area contributed by atoms with Gasteiger partial charge in [-0.2, -0.15) is 0 Å². The lowest BCUT2D eigenvalue weighted by Gasteiger charge is -2.36. The maximum absolute atomic E-state index is 12.2. The molecule has 0 radical (unpaired) electrons. The second-order valence-electron chi connectivity index (χ2n) is 4.92. The van der Waals surface area contributed by atoms with Gasteiger partial charge >= 0.3 is 0 Å². The van der Waals surface area contributed by atoms with Gasteiger partial charge in [0.05, 0.1) is 6.04 Å². The molecule has 1 amide bonds. The Bertz CT molecular complexity index is 266. The molecule has 0 aromatic rings. The van der Waals surface area contributed by atoms with Crippen molar-refractivity contribution in [3.8, 4) is 0 Å². The maximum Gasteiger partial charge on any atom is 0.239 e. The number of hydrogen-bond acceptors (Lipinski definition) is 3. The van der Waals surface area contributed by atoms with E-state index in [1.54, 1.807) is 0 Å². The minimum atomic E-state index is 0.0784. The largest absolute Gasteiger partial charge is 0.339 e. The Morgan fingerprint density at radius 3 is 2.65 bits per heavy atom. The molecule has 2 aliphatic rings. The first kappa shape index (κ1) is 12.6. The van der Waals surface area contributed by atoms with E-state index in [0.717, 1.165) is 45.7 Å². The molecular weight excluding hydrogens is 214 g/mol. The molecule has 0 unspecified atom stereocenters. The van der Waals surface area contributed by atoms with Gasteiger partial charge in [0.15, 0.2) is 0 Å². The monoisotopic (exact) mass is 237 g/mol. The van der Waals surface area contributed by atoms with Crippen molar-refractivity contribution < 1.29 is 4.79 Å². The molecule has 17 heavy (non-hydrogen) atoms. The molecule has 2 heterocycles. The van der Waals surface area contributed by atoms with E-state index in [4.69, 9.17) is 0 Å². The van der Waals surface area contributed by atoms with Crippen LogP contribution in [0, 0.1) is 0 Å². The minimum Gasteiger partial charge on any atom is -0.339 e. The van der Waals surface area contributed by atoms with E-state index in [9.17, 15) is 4.79 Å². The fraction of sp³-hybridized carbons (Fsp3) is 0.769. The van der Waals surface area contributed by atoms with Gasteiger partial charge in [0.1, 0.15) is 0 Å². The average molecular weight is 237 g/mol. The lowest BCUT2D eigenvalue weighted by Crippen LogP contribution is -2.54. The first-order valence-electron chi connectivity index (χ1n) is 6.66. The van der Waals surface area contributed by atoms with Crippen molar-refractivity contribution in [2.75, 3.05) is 39.3 Å². The zero-order valence-electron chi connectivity index (χ0n) is 10.5. The molecule has 96 valence electrons. The Hall–Kier alpha value is -0.870. The Morgan fingerprint density at radius 2 is 2.06 bits per heavy atom. The molecule has 0 aromatic carbocycles. The van der Waals surface area contributed by atoms with Crippen molar-refractivity contribution in [2.45, 2.75) is 25.3 Å². The quantitative estimate of drug-likeness (QED) is 0.724. The number of piperazine rings is 1. The van der Waals surface area contributed by atoms with E-state index in [2.05, 4.69) is 16.8 Å². The van der Waals surface area contributed by atoms with Crippen molar-refractivity contribution in [1.82, 2.24) is 15.1 Å². The molecule has 0 aliphatic carbocycles. The topological polar surface area (TPSA) is 35.6 Å². The highest BCUT2D eigenvalue weighted by Crippen LogP contribution is 2.11. The summed E-state index contributed by atoms with van der Waals surface area (Å²) < 4.78 is 0. The van der Waals surface area contributed by atoms with Crippen molar-refractivity contribution in [3.63, 3.8) is 0 Å². The zero-order valence-corrected chi connectivity index (χ0v) is 10.5. The Morgan fingerprint density at radius 1 is 1.29 bits per heavy atom. The lowest BCUT2D eigenvalue weighted by molar-refractivity contribution is -0.135. The SMILES string of the molecule is C=CCN1CCN(C(=O)[C@H]2CCCCN2)CC1. The van der Waals surface area contributed by atoms with Crippen LogP contribution >= 0.6 is 0 Å². The number of rotatable bonds is 3. The highest BCUT2D eigenvalue weighted by molar-refractivity contribution is 5.82. The molecule has 0 saturated carbocycles. The summed E-state index contributed by atoms with van der Waals surface area (Å²) >= 11 is 0. The minimum absolute atomic E-state index is 0.0784. The van der Waals surface area contributed by atoms with Gasteiger partial charge in [0.25, 0.3) is 0 Å². The summed E-state index contributed by atoms with van der Waals surface area (Å²) in [7, 11) is 0. The Kier molecular flexibility index (Phi) is 4.57. The first-order valence-corrected chi connectivity index (χ1v) is 6.66. The van der Waals surface area contributed by atoms with Crippen LogP contribution in [0.2, 0.25) is 0 Å². The first-order chi connectivity index (χ1) is 8.31. The smallest absolute Gasteiger partial charge is 0.239 e. The van der Waals surface area contributed by atoms with E-state index in [1.165, 1.54) is 12.8 Å². The summed E-state index contributed by atoms with van der Waals surface area (Å²) in [5.41, 5.74) is 0. The third kappa shape index (κ3) is 3.30. The normalized spacial score (nSPS) is 26.8. The van der Waals surface area contributed by atoms with Crippen molar-refractivity contribution >= 4 is 5.91 Å². The third-order valence-corrected chi connectivity index (χ3v) is 3.68. The molecule has 2 rings (SSSR count). The van der Waals surface area contributed by atoms with Gasteiger partial charge in [0.2, 0.25) is 5.91 Å². The fourth-order valence-electron chi connectivity index (χ4n) is 2.62. The predicted molar refractivity (Wildman–Crippen MR) is 68.9 cm³/mol. The number of nitrogens with zero attached hydrogens (tertiary/aromatic N) is 2. The van der Waals surface area contributed by atoms with Crippen LogP contribution < -0.4 is 5.32 Å². The standard InChI is InChI=1S/C13H23N3O/c1-2-7-15-8-10-16(11-9-15)13(17)12-5-3-4-6-14-12/h2,12,14H,1,3-11H2/t12-/m1/s1. The number of hydrogen-bond donors (Lipinski definition) is 1. The van der Waals surface area contributed by atoms with Crippen LogP contribution in [0.4, 0.5) is 0 Å². The van der Waals surface area contributed by atoms with Crippen molar-refractivity contribution in [3.05, 3.63) is 12.7 Å². The fourth-order valence-corrected chi connectivity index (χ4v) is 2.62. The number of carbonyl (C=O) groups is 1. The summed E-state index contributed by atoms with van der Waals surface area (Å²) in [5.74, 6) is 0.308. The van der Waals surface area contributed by atoms with Crippen LogP contribution in [0.1, 0.15) is 19.3 Å². The molecule has 2 aliphatic heterocycles. The molecule has 1 N–H and O–H groups in total. The lowest BCUT2D eigenvalue weighted by atomic mass is 10.0. The van der Waals surface area contributed by atoms with Crippen LogP contribution in [-0.2, 0) is 4.79 Å². The molecule has 0 spiro atoms. The summed E-state index contributed by atoms with van der Waals surface area (Å²) in [6, 6.07) is 0.0784. The van der Waals surface area contributed by atoms with Gasteiger partial charge in [0, 0.05) is 32.7 Å². The van der Waals surface area contributed by atoms with E-state index in [-0.39, 0.29) is 6.04 Å². The maximum atomic E-state index is 12.2. The molecule has 4 nitrogen and oxygen atoms in total. The number of carbonyl (C=O) groups excluding carboxylic acids is 1. The van der Waals surface area contributed by atoms with Gasteiger partial charge in [-0.1, -0.05) is 12.5 Å². The van der Waals surface area contributed by atoms with Crippen LogP contribution in [0.5, 0.6) is 0 Å². The van der Waals surface area contributed by atoms with Crippen LogP contribution in [0.3, 0.4) is 0 Å². The predicted octanol–water partition coefficient (Wildman–Crippen LogP) is 0.459. The van der Waals surface area contributed by atoms with E-state index >= 15 is 0 Å². The number of amides is 1. The second kappa shape index (κ2) is 6.17. The van der Waals surface area contributed by atoms with Gasteiger partial charge < -0.3 is 10.2 Å². The number of piperidine rings is 1.